The molecule has 0 aliphatic rings. The fourth-order valence-electron chi connectivity index (χ4n) is 0.944. The number of halogens is 6. The predicted molar refractivity (Wildman–Crippen MR) is 49.7 cm³/mol. The second kappa shape index (κ2) is 4.69. The van der Waals surface area contributed by atoms with Crippen LogP contribution in [0.2, 0.25) is 0 Å². The van der Waals surface area contributed by atoms with Gasteiger partial charge in [0, 0.05) is 5.03 Å². The first-order chi connectivity index (χ1) is 7.36. The van der Waals surface area contributed by atoms with Gasteiger partial charge in [0.25, 0.3) is 0 Å². The van der Waals surface area contributed by atoms with E-state index in [2.05, 4.69) is 6.58 Å². The molecule has 7 heteroatoms. The Morgan fingerprint density at radius 1 is 0.938 bits per heavy atom. The van der Waals surface area contributed by atoms with Gasteiger partial charge >= 0.3 is 0 Å². The molecule has 0 saturated carbocycles. The van der Waals surface area contributed by atoms with E-state index in [9.17, 15) is 22.0 Å². The van der Waals surface area contributed by atoms with Crippen molar-refractivity contribution in [3.05, 3.63) is 40.7 Å². The zero-order chi connectivity index (χ0) is 12.5. The van der Waals surface area contributed by atoms with Gasteiger partial charge in [-0.2, -0.15) is 0 Å². The summed E-state index contributed by atoms with van der Waals surface area (Å²) in [6.45, 7) is 2.87. The van der Waals surface area contributed by atoms with Crippen molar-refractivity contribution in [3.8, 4) is 0 Å². The lowest BCUT2D eigenvalue weighted by Gasteiger charge is -2.09. The summed E-state index contributed by atoms with van der Waals surface area (Å²) in [7, 11) is 0. The van der Waals surface area contributed by atoms with Crippen molar-refractivity contribution in [2.24, 2.45) is 0 Å². The van der Waals surface area contributed by atoms with Crippen LogP contribution in [-0.2, 0) is 0 Å². The molecule has 0 saturated heterocycles. The fraction of sp³-hybridized carbons (Fsp3) is 0.111. The second-order valence-electron chi connectivity index (χ2n) is 2.82. The molecule has 88 valence electrons. The number of hydrogen-bond acceptors (Lipinski definition) is 1. The molecule has 0 aromatic heterocycles. The smallest absolute Gasteiger partial charge is 0.200 e. The molecule has 1 rings (SSSR count). The first kappa shape index (κ1) is 12.8. The molecule has 0 heterocycles. The van der Waals surface area contributed by atoms with Crippen LogP contribution in [0.4, 0.5) is 27.6 Å². The third-order valence-electron chi connectivity index (χ3n) is 1.67. The van der Waals surface area contributed by atoms with E-state index in [4.69, 9.17) is 11.6 Å². The van der Waals surface area contributed by atoms with Crippen LogP contribution < -0.4 is 5.32 Å². The first-order valence-corrected chi connectivity index (χ1v) is 4.32. The Balaban J connectivity index is 3.23. The van der Waals surface area contributed by atoms with E-state index in [1.54, 1.807) is 0 Å². The Morgan fingerprint density at radius 2 is 1.31 bits per heavy atom. The van der Waals surface area contributed by atoms with Gasteiger partial charge in [-0.3, -0.25) is 0 Å². The topological polar surface area (TPSA) is 12.0 Å². The summed E-state index contributed by atoms with van der Waals surface area (Å²) in [5.41, 5.74) is -1.13. The van der Waals surface area contributed by atoms with Crippen molar-refractivity contribution in [2.75, 3.05) is 11.9 Å². The highest BCUT2D eigenvalue weighted by Gasteiger charge is 2.25. The van der Waals surface area contributed by atoms with Gasteiger partial charge in [-0.15, -0.1) is 0 Å². The van der Waals surface area contributed by atoms with Crippen LogP contribution in [0.3, 0.4) is 0 Å². The Kier molecular flexibility index (Phi) is 3.74. The van der Waals surface area contributed by atoms with Crippen LogP contribution in [0, 0.1) is 29.1 Å². The van der Waals surface area contributed by atoms with E-state index < -0.39 is 34.8 Å². The van der Waals surface area contributed by atoms with Crippen molar-refractivity contribution in [2.45, 2.75) is 0 Å². The molecule has 0 aliphatic heterocycles. The van der Waals surface area contributed by atoms with Gasteiger partial charge in [0.2, 0.25) is 5.82 Å². The van der Waals surface area contributed by atoms with Crippen molar-refractivity contribution >= 4 is 17.3 Å². The monoisotopic (exact) mass is 257 g/mol. The summed E-state index contributed by atoms with van der Waals surface area (Å²) in [5, 5.41) is 1.92. The van der Waals surface area contributed by atoms with E-state index in [0.29, 0.717) is 0 Å². The highest BCUT2D eigenvalue weighted by molar-refractivity contribution is 6.29. The highest BCUT2D eigenvalue weighted by Crippen LogP contribution is 2.27. The molecule has 0 unspecified atom stereocenters. The van der Waals surface area contributed by atoms with Crippen LogP contribution in [0.15, 0.2) is 11.6 Å². The molecular formula is C9H5ClF5N. The van der Waals surface area contributed by atoms with Gasteiger partial charge in [-0.1, -0.05) is 18.2 Å². The van der Waals surface area contributed by atoms with Crippen molar-refractivity contribution < 1.29 is 22.0 Å². The number of benzene rings is 1. The van der Waals surface area contributed by atoms with E-state index in [1.165, 1.54) is 0 Å². The fourth-order valence-corrected chi connectivity index (χ4v) is 1.01. The Morgan fingerprint density at radius 3 is 1.69 bits per heavy atom. The van der Waals surface area contributed by atoms with Gasteiger partial charge in [-0.25, -0.2) is 22.0 Å². The summed E-state index contributed by atoms with van der Waals surface area (Å²) in [5.74, 6) is -10.1. The molecule has 1 aromatic rings. The van der Waals surface area contributed by atoms with Gasteiger partial charge < -0.3 is 5.32 Å². The van der Waals surface area contributed by atoms with Gasteiger partial charge in [0.05, 0.1) is 6.54 Å². The molecule has 1 N–H and O–H groups in total. The summed E-state index contributed by atoms with van der Waals surface area (Å²) in [6, 6.07) is 0. The third kappa shape index (κ3) is 2.27. The maximum absolute atomic E-state index is 13.0. The lowest BCUT2D eigenvalue weighted by atomic mass is 10.2. The molecule has 16 heavy (non-hydrogen) atoms. The van der Waals surface area contributed by atoms with E-state index in [0.717, 1.165) is 0 Å². The molecule has 1 nitrogen and oxygen atoms in total. The molecular weight excluding hydrogens is 253 g/mol. The summed E-state index contributed by atoms with van der Waals surface area (Å²) in [4.78, 5) is 0. The molecule has 0 spiro atoms. The van der Waals surface area contributed by atoms with Crippen LogP contribution >= 0.6 is 11.6 Å². The van der Waals surface area contributed by atoms with Gasteiger partial charge in [0.15, 0.2) is 23.3 Å². The van der Waals surface area contributed by atoms with E-state index in [1.807, 2.05) is 5.32 Å². The van der Waals surface area contributed by atoms with Crippen molar-refractivity contribution in [3.63, 3.8) is 0 Å². The SMILES string of the molecule is C=C(Cl)CNc1c(F)c(F)c(F)c(F)c1F. The molecule has 0 bridgehead atoms. The molecule has 0 aliphatic carbocycles. The molecule has 1 aromatic carbocycles. The van der Waals surface area contributed by atoms with Crippen LogP contribution in [0.5, 0.6) is 0 Å². The second-order valence-corrected chi connectivity index (χ2v) is 3.35. The highest BCUT2D eigenvalue weighted by atomic mass is 35.5. The maximum Gasteiger partial charge on any atom is 0.200 e. The van der Waals surface area contributed by atoms with E-state index in [-0.39, 0.29) is 11.6 Å². The minimum Gasteiger partial charge on any atom is -0.375 e. The normalized spacial score (nSPS) is 10.4. The average molecular weight is 258 g/mol. The van der Waals surface area contributed by atoms with Crippen LogP contribution in [-0.4, -0.2) is 6.54 Å². The van der Waals surface area contributed by atoms with Crippen molar-refractivity contribution in [1.29, 1.82) is 0 Å². The summed E-state index contributed by atoms with van der Waals surface area (Å²) in [6.07, 6.45) is 0. The Bertz CT molecular complexity index is 417. The molecule has 0 atom stereocenters. The molecule has 0 amide bonds. The van der Waals surface area contributed by atoms with Gasteiger partial charge in [0.1, 0.15) is 5.69 Å². The number of nitrogens with one attached hydrogen (secondary N) is 1. The predicted octanol–water partition coefficient (Wildman–Crippen LogP) is 3.55. The van der Waals surface area contributed by atoms with E-state index >= 15 is 0 Å². The minimum absolute atomic E-state index is 0.0380. The number of hydrogen-bond donors (Lipinski definition) is 1. The Hall–Kier alpha value is -1.30. The first-order valence-electron chi connectivity index (χ1n) is 3.94. The molecule has 0 radical (unpaired) electrons. The molecule has 0 fully saturated rings. The number of anilines is 1. The number of rotatable bonds is 3. The van der Waals surface area contributed by atoms with Crippen LogP contribution in [0.1, 0.15) is 0 Å². The average Bonchev–Trinajstić information content (AvgIpc) is 2.23. The minimum atomic E-state index is -2.20. The lowest BCUT2D eigenvalue weighted by Crippen LogP contribution is -2.10. The lowest BCUT2D eigenvalue weighted by molar-refractivity contribution is 0.381. The maximum atomic E-state index is 13.0. The zero-order valence-corrected chi connectivity index (χ0v) is 8.44. The third-order valence-corrected chi connectivity index (χ3v) is 1.80. The quantitative estimate of drug-likeness (QED) is 0.496. The van der Waals surface area contributed by atoms with Crippen molar-refractivity contribution in [1.82, 2.24) is 0 Å². The Labute approximate surface area is 92.5 Å². The standard InChI is InChI=1S/C9H5ClF5N/c1-3(10)2-16-9-7(14)5(12)4(11)6(13)8(9)15/h16H,1-2H2. The van der Waals surface area contributed by atoms with Gasteiger partial charge in [-0.05, 0) is 0 Å². The summed E-state index contributed by atoms with van der Waals surface area (Å²) < 4.78 is 63.9. The zero-order valence-electron chi connectivity index (χ0n) is 7.68. The summed E-state index contributed by atoms with van der Waals surface area (Å²) >= 11 is 5.28. The van der Waals surface area contributed by atoms with Crippen LogP contribution in [0.25, 0.3) is 0 Å². The largest absolute Gasteiger partial charge is 0.375 e.